The zero-order valence-corrected chi connectivity index (χ0v) is 13.1. The molecule has 25 heavy (non-hydrogen) atoms. The Morgan fingerprint density at radius 1 is 0.960 bits per heavy atom. The minimum Gasteiger partial charge on any atom is -0.371 e. The van der Waals surface area contributed by atoms with E-state index >= 15 is 0 Å². The van der Waals surface area contributed by atoms with E-state index < -0.39 is 11.7 Å². The highest BCUT2D eigenvalue weighted by Gasteiger charge is 2.30. The zero-order valence-electron chi connectivity index (χ0n) is 13.1. The molecule has 3 aromatic rings. The van der Waals surface area contributed by atoms with Crippen LogP contribution in [0.3, 0.4) is 0 Å². The Morgan fingerprint density at radius 3 is 2.28 bits per heavy atom. The van der Waals surface area contributed by atoms with Crippen molar-refractivity contribution in [2.24, 2.45) is 0 Å². The summed E-state index contributed by atoms with van der Waals surface area (Å²) in [5, 5.41) is 2.84. The number of benzene rings is 2. The fourth-order valence-corrected chi connectivity index (χ4v) is 2.36. The predicted octanol–water partition coefficient (Wildman–Crippen LogP) is 3.90. The topological polar surface area (TPSA) is 47.0 Å². The van der Waals surface area contributed by atoms with E-state index in [4.69, 9.17) is 4.74 Å². The van der Waals surface area contributed by atoms with Crippen LogP contribution in [0.4, 0.5) is 13.2 Å². The molecule has 7 heteroatoms. The number of hydrogen-bond acceptors (Lipinski definition) is 2. The molecule has 1 N–H and O–H groups in total. The summed E-state index contributed by atoms with van der Waals surface area (Å²) in [6.45, 7) is 0.589. The molecule has 0 radical (unpaired) electrons. The number of ether oxygens (including phenoxy) is 1. The van der Waals surface area contributed by atoms with E-state index in [9.17, 15) is 18.0 Å². The van der Waals surface area contributed by atoms with Crippen molar-refractivity contribution in [3.05, 3.63) is 87.8 Å². The average Bonchev–Trinajstić information content (AvgIpc) is 2.96. The van der Waals surface area contributed by atoms with Crippen molar-refractivity contribution in [1.29, 1.82) is 0 Å². The van der Waals surface area contributed by atoms with Crippen LogP contribution in [0.15, 0.2) is 65.5 Å². The first-order chi connectivity index (χ1) is 11.9. The number of halogens is 3. The molecular weight excluding hydrogens is 333 g/mol. The van der Waals surface area contributed by atoms with E-state index in [0.717, 1.165) is 17.7 Å². The van der Waals surface area contributed by atoms with Crippen molar-refractivity contribution in [3.63, 3.8) is 0 Å². The van der Waals surface area contributed by atoms with Gasteiger partial charge in [0.25, 0.3) is 5.56 Å². The molecule has 0 aliphatic rings. The van der Waals surface area contributed by atoms with Gasteiger partial charge in [0.1, 0.15) is 0 Å². The summed E-state index contributed by atoms with van der Waals surface area (Å²) in [6.07, 6.45) is -4.41. The maximum absolute atomic E-state index is 12.6. The molecule has 0 aliphatic carbocycles. The van der Waals surface area contributed by atoms with E-state index in [1.54, 1.807) is 0 Å². The Labute approximate surface area is 141 Å². The Morgan fingerprint density at radius 2 is 1.64 bits per heavy atom. The number of nitrogens with zero attached hydrogens (tertiary/aromatic N) is 1. The van der Waals surface area contributed by atoms with Crippen molar-refractivity contribution in [2.75, 3.05) is 0 Å². The second-order valence-corrected chi connectivity index (χ2v) is 5.48. The maximum Gasteiger partial charge on any atom is 0.416 e. The number of alkyl halides is 3. The van der Waals surface area contributed by atoms with Crippen LogP contribution >= 0.6 is 0 Å². The van der Waals surface area contributed by atoms with Gasteiger partial charge >= 0.3 is 6.18 Å². The number of aromatic nitrogens is 2. The number of aromatic amines is 1. The molecular formula is C18H15F3N2O2. The van der Waals surface area contributed by atoms with E-state index in [1.807, 2.05) is 30.3 Å². The summed E-state index contributed by atoms with van der Waals surface area (Å²) in [6, 6.07) is 15.3. The highest BCUT2D eigenvalue weighted by Crippen LogP contribution is 2.29. The molecule has 0 spiro atoms. The van der Waals surface area contributed by atoms with Gasteiger partial charge in [-0.25, -0.2) is 4.68 Å². The van der Waals surface area contributed by atoms with Crippen molar-refractivity contribution in [2.45, 2.75) is 19.4 Å². The second kappa shape index (κ2) is 6.98. The molecule has 0 fully saturated rings. The predicted molar refractivity (Wildman–Crippen MR) is 86.3 cm³/mol. The molecule has 2 aromatic carbocycles. The van der Waals surface area contributed by atoms with Crippen LogP contribution in [-0.4, -0.2) is 9.78 Å². The van der Waals surface area contributed by atoms with Gasteiger partial charge in [-0.1, -0.05) is 30.3 Å². The first-order valence-electron chi connectivity index (χ1n) is 7.54. The smallest absolute Gasteiger partial charge is 0.371 e. The normalized spacial score (nSPS) is 11.6. The van der Waals surface area contributed by atoms with Crippen molar-refractivity contribution < 1.29 is 17.9 Å². The largest absolute Gasteiger partial charge is 0.416 e. The van der Waals surface area contributed by atoms with E-state index in [2.05, 4.69) is 5.10 Å². The lowest BCUT2D eigenvalue weighted by Gasteiger charge is -2.08. The Kier molecular flexibility index (Phi) is 4.76. The first kappa shape index (κ1) is 17.0. The number of nitrogens with one attached hydrogen (secondary N) is 1. The van der Waals surface area contributed by atoms with Crippen molar-refractivity contribution >= 4 is 0 Å². The van der Waals surface area contributed by atoms with Crippen LogP contribution in [0.5, 0.6) is 0 Å². The Balaban J connectivity index is 1.69. The molecule has 0 unspecified atom stereocenters. The molecule has 0 aliphatic heterocycles. The summed E-state index contributed by atoms with van der Waals surface area (Å²) in [4.78, 5) is 12.0. The molecule has 0 saturated carbocycles. The van der Waals surface area contributed by atoms with Crippen molar-refractivity contribution in [3.8, 4) is 5.69 Å². The molecule has 1 aromatic heterocycles. The molecule has 1 heterocycles. The van der Waals surface area contributed by atoms with Gasteiger partial charge in [-0.3, -0.25) is 9.89 Å². The molecule has 0 bridgehead atoms. The minimum absolute atomic E-state index is 0.192. The van der Waals surface area contributed by atoms with Crippen LogP contribution < -0.4 is 5.56 Å². The van der Waals surface area contributed by atoms with E-state index in [1.165, 1.54) is 22.9 Å². The highest BCUT2D eigenvalue weighted by molar-refractivity contribution is 5.35. The van der Waals surface area contributed by atoms with Gasteiger partial charge in [0.05, 0.1) is 30.2 Å². The van der Waals surface area contributed by atoms with Gasteiger partial charge < -0.3 is 4.74 Å². The molecule has 130 valence electrons. The lowest BCUT2D eigenvalue weighted by molar-refractivity contribution is -0.137. The number of hydrogen-bond donors (Lipinski definition) is 1. The maximum atomic E-state index is 12.6. The average molecular weight is 348 g/mol. The minimum atomic E-state index is -4.41. The zero-order chi connectivity index (χ0) is 17.9. The van der Waals surface area contributed by atoms with Crippen LogP contribution in [0, 0.1) is 0 Å². The van der Waals surface area contributed by atoms with Crippen LogP contribution in [-0.2, 0) is 24.1 Å². The van der Waals surface area contributed by atoms with Gasteiger partial charge in [-0.15, -0.1) is 0 Å². The monoisotopic (exact) mass is 348 g/mol. The summed E-state index contributed by atoms with van der Waals surface area (Å²) >= 11 is 0. The fourth-order valence-electron chi connectivity index (χ4n) is 2.36. The standard InChI is InChI=1S/C18H15F3N2O2/c19-18(20,21)14-6-8-16(9-7-14)23-17(24)10-15(22-23)12-25-11-13-4-2-1-3-5-13/h1-10,22H,11-12H2. The van der Waals surface area contributed by atoms with E-state index in [0.29, 0.717) is 18.0 Å². The van der Waals surface area contributed by atoms with Gasteiger partial charge in [0, 0.05) is 6.07 Å². The highest BCUT2D eigenvalue weighted by atomic mass is 19.4. The molecule has 0 saturated heterocycles. The summed E-state index contributed by atoms with van der Waals surface area (Å²) in [7, 11) is 0. The number of rotatable bonds is 5. The first-order valence-corrected chi connectivity index (χ1v) is 7.54. The molecule has 3 rings (SSSR count). The van der Waals surface area contributed by atoms with E-state index in [-0.39, 0.29) is 12.2 Å². The third-order valence-corrected chi connectivity index (χ3v) is 3.60. The van der Waals surface area contributed by atoms with Crippen LogP contribution in [0.25, 0.3) is 5.69 Å². The summed E-state index contributed by atoms with van der Waals surface area (Å²) in [5.41, 5.74) is 0.750. The van der Waals surface area contributed by atoms with Gasteiger partial charge in [-0.2, -0.15) is 13.2 Å². The lowest BCUT2D eigenvalue weighted by atomic mass is 10.2. The quantitative estimate of drug-likeness (QED) is 0.760. The van der Waals surface area contributed by atoms with Crippen LogP contribution in [0.1, 0.15) is 16.8 Å². The molecule has 0 amide bonds. The van der Waals surface area contributed by atoms with Crippen molar-refractivity contribution in [1.82, 2.24) is 9.78 Å². The summed E-state index contributed by atoms with van der Waals surface area (Å²) in [5.74, 6) is 0. The second-order valence-electron chi connectivity index (χ2n) is 5.48. The Bertz CT molecular complexity index is 881. The fraction of sp³-hybridized carbons (Fsp3) is 0.167. The van der Waals surface area contributed by atoms with Gasteiger partial charge in [-0.05, 0) is 29.8 Å². The molecule has 0 atom stereocenters. The SMILES string of the molecule is O=c1cc(COCc2ccccc2)[nH]n1-c1ccc(C(F)(F)F)cc1. The Hall–Kier alpha value is -2.80. The lowest BCUT2D eigenvalue weighted by Crippen LogP contribution is -2.14. The third-order valence-electron chi connectivity index (χ3n) is 3.60. The molecule has 4 nitrogen and oxygen atoms in total. The third kappa shape index (κ3) is 4.19. The van der Waals surface area contributed by atoms with Gasteiger partial charge in [0.15, 0.2) is 0 Å². The summed E-state index contributed by atoms with van der Waals surface area (Å²) < 4.78 is 44.5. The number of H-pyrrole nitrogens is 1. The van der Waals surface area contributed by atoms with Gasteiger partial charge in [0.2, 0.25) is 0 Å². The van der Waals surface area contributed by atoms with Crippen LogP contribution in [0.2, 0.25) is 0 Å².